The average molecular weight is 399 g/mol. The lowest BCUT2D eigenvalue weighted by atomic mass is 9.97. The van der Waals surface area contributed by atoms with Gasteiger partial charge in [0.15, 0.2) is 5.82 Å². The molecule has 2 heterocycles. The molecule has 1 aromatic heterocycles. The number of aromatic nitrogens is 2. The first-order chi connectivity index (χ1) is 14.2. The Morgan fingerprint density at radius 1 is 1.24 bits per heavy atom. The Morgan fingerprint density at radius 2 is 2.03 bits per heavy atom. The third-order valence-corrected chi connectivity index (χ3v) is 4.94. The van der Waals surface area contributed by atoms with Crippen molar-refractivity contribution < 1.29 is 14.3 Å². The minimum absolute atomic E-state index is 0.0647. The van der Waals surface area contributed by atoms with Crippen molar-refractivity contribution in [1.29, 1.82) is 0 Å². The molecule has 1 aliphatic rings. The Kier molecular flexibility index (Phi) is 7.81. The van der Waals surface area contributed by atoms with E-state index in [0.29, 0.717) is 38.0 Å². The van der Waals surface area contributed by atoms with Gasteiger partial charge in [-0.25, -0.2) is 9.97 Å². The van der Waals surface area contributed by atoms with Crippen molar-refractivity contribution in [2.45, 2.75) is 33.1 Å². The topological polar surface area (TPSA) is 76.6 Å². The van der Waals surface area contributed by atoms with Crippen LogP contribution in [-0.4, -0.2) is 48.7 Å². The van der Waals surface area contributed by atoms with Gasteiger partial charge in [-0.2, -0.15) is 0 Å². The normalized spacial score (nSPS) is 16.5. The van der Waals surface area contributed by atoms with Gasteiger partial charge < -0.3 is 19.7 Å². The Balaban J connectivity index is 1.61. The van der Waals surface area contributed by atoms with Crippen molar-refractivity contribution in [3.63, 3.8) is 0 Å². The van der Waals surface area contributed by atoms with Gasteiger partial charge in [0.1, 0.15) is 5.75 Å². The molecular formula is C22H30N4O3. The van der Waals surface area contributed by atoms with E-state index < -0.39 is 0 Å². The predicted molar refractivity (Wildman–Crippen MR) is 112 cm³/mol. The van der Waals surface area contributed by atoms with Crippen LogP contribution >= 0.6 is 0 Å². The van der Waals surface area contributed by atoms with Crippen LogP contribution in [0.1, 0.15) is 31.7 Å². The molecule has 7 nitrogen and oxygen atoms in total. The Morgan fingerprint density at radius 3 is 2.83 bits per heavy atom. The molecule has 2 aromatic rings. The van der Waals surface area contributed by atoms with Gasteiger partial charge in [0.25, 0.3) is 5.88 Å². The second-order valence-corrected chi connectivity index (χ2v) is 7.23. The van der Waals surface area contributed by atoms with Gasteiger partial charge in [-0.05, 0) is 45.2 Å². The number of amides is 1. The van der Waals surface area contributed by atoms with E-state index in [9.17, 15) is 4.79 Å². The molecule has 1 N–H and O–H groups in total. The number of rotatable bonds is 9. The largest absolute Gasteiger partial charge is 0.436 e. The number of piperidine rings is 1. The van der Waals surface area contributed by atoms with Gasteiger partial charge in [-0.15, -0.1) is 0 Å². The molecule has 1 aromatic carbocycles. The Labute approximate surface area is 172 Å². The van der Waals surface area contributed by atoms with Gasteiger partial charge in [-0.3, -0.25) is 4.79 Å². The van der Waals surface area contributed by atoms with Crippen LogP contribution in [0.2, 0.25) is 0 Å². The zero-order valence-corrected chi connectivity index (χ0v) is 17.3. The fourth-order valence-electron chi connectivity index (χ4n) is 3.38. The first-order valence-corrected chi connectivity index (χ1v) is 10.3. The minimum Gasteiger partial charge on any atom is -0.436 e. The van der Waals surface area contributed by atoms with Crippen molar-refractivity contribution in [2.75, 3.05) is 37.7 Å². The van der Waals surface area contributed by atoms with Gasteiger partial charge >= 0.3 is 0 Å². The number of nitrogens with zero attached hydrogens (tertiary/aromatic N) is 3. The smallest absolute Gasteiger partial charge is 0.263 e. The molecule has 0 spiro atoms. The zero-order valence-electron chi connectivity index (χ0n) is 17.3. The molecular weight excluding hydrogens is 368 g/mol. The second kappa shape index (κ2) is 10.8. The van der Waals surface area contributed by atoms with E-state index in [2.05, 4.69) is 20.2 Å². The van der Waals surface area contributed by atoms with Crippen molar-refractivity contribution in [3.05, 3.63) is 42.2 Å². The van der Waals surface area contributed by atoms with Gasteiger partial charge in [0.2, 0.25) is 5.91 Å². The second-order valence-electron chi connectivity index (χ2n) is 7.23. The van der Waals surface area contributed by atoms with Crippen molar-refractivity contribution in [2.24, 2.45) is 5.92 Å². The highest BCUT2D eigenvalue weighted by Gasteiger charge is 2.28. The number of anilines is 1. The molecule has 156 valence electrons. The van der Waals surface area contributed by atoms with Crippen LogP contribution in [0.5, 0.6) is 11.6 Å². The summed E-state index contributed by atoms with van der Waals surface area (Å²) in [6.07, 6.45) is 5.92. The van der Waals surface area contributed by atoms with Crippen LogP contribution in [-0.2, 0) is 9.53 Å². The van der Waals surface area contributed by atoms with Gasteiger partial charge in [0.05, 0.1) is 5.92 Å². The van der Waals surface area contributed by atoms with Crippen LogP contribution in [0.4, 0.5) is 5.82 Å². The van der Waals surface area contributed by atoms with E-state index >= 15 is 0 Å². The van der Waals surface area contributed by atoms with Crippen LogP contribution in [0.3, 0.4) is 0 Å². The summed E-state index contributed by atoms with van der Waals surface area (Å²) in [7, 11) is 0. The summed E-state index contributed by atoms with van der Waals surface area (Å²) in [5.41, 5.74) is 1.17. The van der Waals surface area contributed by atoms with E-state index in [1.165, 1.54) is 5.56 Å². The number of hydrogen-bond donors (Lipinski definition) is 1. The number of aryl methyl sites for hydroxylation is 1. The summed E-state index contributed by atoms with van der Waals surface area (Å²) in [6, 6.07) is 7.83. The molecule has 0 radical (unpaired) electrons. The highest BCUT2D eigenvalue weighted by molar-refractivity contribution is 5.79. The summed E-state index contributed by atoms with van der Waals surface area (Å²) < 4.78 is 11.3. The molecule has 29 heavy (non-hydrogen) atoms. The quantitative estimate of drug-likeness (QED) is 0.653. The lowest BCUT2D eigenvalue weighted by Gasteiger charge is -2.33. The number of hydrogen-bond acceptors (Lipinski definition) is 6. The van der Waals surface area contributed by atoms with Crippen molar-refractivity contribution in [1.82, 2.24) is 15.3 Å². The number of benzene rings is 1. The highest BCUT2D eigenvalue weighted by Crippen LogP contribution is 2.31. The fraction of sp³-hybridized carbons (Fsp3) is 0.500. The Hall–Kier alpha value is -2.67. The van der Waals surface area contributed by atoms with Gasteiger partial charge in [0, 0.05) is 45.2 Å². The number of carbonyl (C=O) groups is 1. The SMILES string of the molecule is CCOCCCNC(=O)C1CCCN(c2nccnc2Oc2ccc(C)cc2)C1. The number of nitrogens with one attached hydrogen (secondary N) is 1. The zero-order chi connectivity index (χ0) is 20.5. The van der Waals surface area contributed by atoms with E-state index in [1.807, 2.05) is 38.1 Å². The molecule has 1 saturated heterocycles. The van der Waals surface area contributed by atoms with Crippen LogP contribution in [0.15, 0.2) is 36.7 Å². The predicted octanol–water partition coefficient (Wildman–Crippen LogP) is 3.34. The molecule has 3 rings (SSSR count). The molecule has 0 bridgehead atoms. The maximum absolute atomic E-state index is 12.6. The standard InChI is InChI=1S/C22H30N4O3/c1-3-28-15-5-11-24-21(27)18-6-4-14-26(16-18)20-22(25-13-12-23-20)29-19-9-7-17(2)8-10-19/h7-10,12-13,18H,3-6,11,14-16H2,1-2H3,(H,24,27). The molecule has 1 unspecified atom stereocenters. The summed E-state index contributed by atoms with van der Waals surface area (Å²) in [5.74, 6) is 1.90. The Bertz CT molecular complexity index is 782. The molecule has 1 atom stereocenters. The van der Waals surface area contributed by atoms with Crippen molar-refractivity contribution >= 4 is 11.7 Å². The summed E-state index contributed by atoms with van der Waals surface area (Å²) in [6.45, 7) is 7.47. The fourth-order valence-corrected chi connectivity index (χ4v) is 3.38. The lowest BCUT2D eigenvalue weighted by Crippen LogP contribution is -2.43. The summed E-state index contributed by atoms with van der Waals surface area (Å²) in [4.78, 5) is 23.5. The first kappa shape index (κ1) is 21.0. The maximum atomic E-state index is 12.6. The minimum atomic E-state index is -0.0647. The number of ether oxygens (including phenoxy) is 2. The number of carbonyl (C=O) groups excluding carboxylic acids is 1. The average Bonchev–Trinajstić information content (AvgIpc) is 2.75. The highest BCUT2D eigenvalue weighted by atomic mass is 16.5. The van der Waals surface area contributed by atoms with Crippen LogP contribution in [0, 0.1) is 12.8 Å². The summed E-state index contributed by atoms with van der Waals surface area (Å²) in [5, 5.41) is 3.03. The van der Waals surface area contributed by atoms with E-state index in [-0.39, 0.29) is 11.8 Å². The van der Waals surface area contributed by atoms with Crippen molar-refractivity contribution in [3.8, 4) is 11.6 Å². The molecule has 7 heteroatoms. The van der Waals surface area contributed by atoms with E-state index in [4.69, 9.17) is 9.47 Å². The van der Waals surface area contributed by atoms with Crippen LogP contribution < -0.4 is 15.0 Å². The molecule has 1 aliphatic heterocycles. The first-order valence-electron chi connectivity index (χ1n) is 10.3. The maximum Gasteiger partial charge on any atom is 0.263 e. The molecule has 0 aliphatic carbocycles. The van der Waals surface area contributed by atoms with Crippen LogP contribution in [0.25, 0.3) is 0 Å². The third kappa shape index (κ3) is 6.15. The molecule has 0 saturated carbocycles. The lowest BCUT2D eigenvalue weighted by molar-refractivity contribution is -0.125. The summed E-state index contributed by atoms with van der Waals surface area (Å²) >= 11 is 0. The third-order valence-electron chi connectivity index (χ3n) is 4.94. The van der Waals surface area contributed by atoms with E-state index in [0.717, 1.165) is 31.6 Å². The van der Waals surface area contributed by atoms with E-state index in [1.54, 1.807) is 12.4 Å². The molecule has 1 fully saturated rings. The monoisotopic (exact) mass is 398 g/mol. The molecule has 1 amide bonds. The van der Waals surface area contributed by atoms with Gasteiger partial charge in [-0.1, -0.05) is 17.7 Å².